The van der Waals surface area contributed by atoms with Gasteiger partial charge in [-0.1, -0.05) is 32.2 Å². The maximum Gasteiger partial charge on any atom is 0.335 e. The molecule has 6 nitrogen and oxygen atoms in total. The topological polar surface area (TPSA) is 78.9 Å². The molecule has 0 atom stereocenters. The van der Waals surface area contributed by atoms with Crippen LogP contribution in [0.15, 0.2) is 67.8 Å². The monoisotopic (exact) mass is 408 g/mol. The van der Waals surface area contributed by atoms with Crippen molar-refractivity contribution in [1.82, 2.24) is 0 Å². The molecule has 0 unspecified atom stereocenters. The first-order valence-electron chi connectivity index (χ1n) is 9.55. The largest absolute Gasteiger partial charge is 0.426 e. The lowest BCUT2D eigenvalue weighted by Gasteiger charge is -2.10. The Kier molecular flexibility index (Phi) is 8.56. The third-order valence-electron chi connectivity index (χ3n) is 4.02. The molecule has 0 aliphatic heterocycles. The molecule has 0 aliphatic rings. The van der Waals surface area contributed by atoms with Crippen molar-refractivity contribution in [3.63, 3.8) is 0 Å². The zero-order valence-corrected chi connectivity index (χ0v) is 16.9. The minimum atomic E-state index is -0.595. The Morgan fingerprint density at radius 2 is 1.30 bits per heavy atom. The fourth-order valence-electron chi connectivity index (χ4n) is 2.61. The summed E-state index contributed by atoms with van der Waals surface area (Å²) in [6, 6.07) is 12.1. The van der Waals surface area contributed by atoms with Crippen LogP contribution in [0.2, 0.25) is 0 Å². The van der Waals surface area contributed by atoms with Gasteiger partial charge in [-0.05, 0) is 54.7 Å². The van der Waals surface area contributed by atoms with E-state index in [0.29, 0.717) is 37.2 Å². The average molecular weight is 408 g/mol. The van der Waals surface area contributed by atoms with Gasteiger partial charge in [0.15, 0.2) is 0 Å². The van der Waals surface area contributed by atoms with Crippen LogP contribution in [0, 0.1) is 0 Å². The average Bonchev–Trinajstić information content (AvgIpc) is 2.73. The van der Waals surface area contributed by atoms with Crippen molar-refractivity contribution < 1.29 is 28.6 Å². The molecule has 156 valence electrons. The minimum Gasteiger partial charge on any atom is -0.426 e. The first-order chi connectivity index (χ1) is 14.4. The van der Waals surface area contributed by atoms with Crippen LogP contribution in [0.4, 0.5) is 0 Å². The number of benzene rings is 2. The van der Waals surface area contributed by atoms with Gasteiger partial charge in [0.05, 0.1) is 0 Å². The molecule has 6 heteroatoms. The number of ether oxygens (including phenoxy) is 3. The van der Waals surface area contributed by atoms with E-state index in [9.17, 15) is 14.4 Å². The van der Waals surface area contributed by atoms with E-state index >= 15 is 0 Å². The number of esters is 3. The van der Waals surface area contributed by atoms with E-state index in [1.807, 2.05) is 19.1 Å². The van der Waals surface area contributed by atoms with Crippen molar-refractivity contribution in [2.45, 2.75) is 32.6 Å². The Morgan fingerprint density at radius 3 is 1.87 bits per heavy atom. The van der Waals surface area contributed by atoms with Gasteiger partial charge in [-0.3, -0.25) is 4.79 Å². The molecule has 0 spiro atoms. The summed E-state index contributed by atoms with van der Waals surface area (Å²) in [7, 11) is 0. The van der Waals surface area contributed by atoms with E-state index < -0.39 is 11.9 Å². The molecule has 0 bridgehead atoms. The number of carbonyl (C=O) groups excluding carboxylic acids is 3. The van der Waals surface area contributed by atoms with Crippen LogP contribution in [0.25, 0.3) is 0 Å². The Labute approximate surface area is 175 Å². The molecule has 2 aromatic carbocycles. The van der Waals surface area contributed by atoms with Crippen LogP contribution < -0.4 is 14.2 Å². The van der Waals surface area contributed by atoms with Crippen molar-refractivity contribution in [1.29, 1.82) is 0 Å². The third-order valence-corrected chi connectivity index (χ3v) is 4.02. The molecule has 2 rings (SSSR count). The molecule has 0 aliphatic carbocycles. The predicted octanol–water partition coefficient (Wildman–Crippen LogP) is 4.36. The van der Waals surface area contributed by atoms with Crippen LogP contribution in [-0.2, 0) is 27.2 Å². The highest BCUT2D eigenvalue weighted by molar-refractivity contribution is 5.84. The van der Waals surface area contributed by atoms with Crippen LogP contribution in [-0.4, -0.2) is 17.9 Å². The highest BCUT2D eigenvalue weighted by Gasteiger charge is 2.10. The molecule has 0 aromatic heterocycles. The predicted molar refractivity (Wildman–Crippen MR) is 112 cm³/mol. The first-order valence-corrected chi connectivity index (χ1v) is 9.55. The van der Waals surface area contributed by atoms with Crippen molar-refractivity contribution in [2.75, 3.05) is 0 Å². The summed E-state index contributed by atoms with van der Waals surface area (Å²) in [4.78, 5) is 34.6. The Bertz CT molecular complexity index is 927. The van der Waals surface area contributed by atoms with Gasteiger partial charge in [-0.2, -0.15) is 0 Å². The van der Waals surface area contributed by atoms with Gasteiger partial charge in [0.1, 0.15) is 17.2 Å². The summed E-state index contributed by atoms with van der Waals surface area (Å²) in [6.07, 6.45) is 4.44. The van der Waals surface area contributed by atoms with Crippen LogP contribution in [0.1, 0.15) is 30.9 Å². The van der Waals surface area contributed by atoms with E-state index in [0.717, 1.165) is 23.3 Å². The summed E-state index contributed by atoms with van der Waals surface area (Å²) in [5.74, 6) is -0.415. The van der Waals surface area contributed by atoms with Gasteiger partial charge >= 0.3 is 17.9 Å². The van der Waals surface area contributed by atoms with E-state index in [2.05, 4.69) is 13.2 Å². The molecular formula is C24H24O6. The fraction of sp³-hybridized carbons (Fsp3) is 0.208. The zero-order chi connectivity index (χ0) is 21.9. The van der Waals surface area contributed by atoms with E-state index in [1.165, 1.54) is 6.07 Å². The second-order valence-electron chi connectivity index (χ2n) is 6.43. The molecule has 0 saturated heterocycles. The summed E-state index contributed by atoms with van der Waals surface area (Å²) >= 11 is 0. The molecule has 2 aromatic rings. The minimum absolute atomic E-state index is 0.281. The molecule has 0 fully saturated rings. The van der Waals surface area contributed by atoms with E-state index in [-0.39, 0.29) is 11.7 Å². The van der Waals surface area contributed by atoms with Gasteiger partial charge < -0.3 is 14.2 Å². The smallest absolute Gasteiger partial charge is 0.335 e. The van der Waals surface area contributed by atoms with Gasteiger partial charge in [0, 0.05) is 24.6 Å². The molecule has 0 saturated carbocycles. The summed E-state index contributed by atoms with van der Waals surface area (Å²) < 4.78 is 15.6. The van der Waals surface area contributed by atoms with Gasteiger partial charge in [0.2, 0.25) is 0 Å². The highest BCUT2D eigenvalue weighted by atomic mass is 16.5. The van der Waals surface area contributed by atoms with Gasteiger partial charge in [-0.15, -0.1) is 0 Å². The van der Waals surface area contributed by atoms with E-state index in [1.54, 1.807) is 24.3 Å². The second-order valence-corrected chi connectivity index (χ2v) is 6.43. The first kappa shape index (κ1) is 22.6. The number of hydrogen-bond acceptors (Lipinski definition) is 6. The van der Waals surface area contributed by atoms with Crippen LogP contribution >= 0.6 is 0 Å². The number of rotatable bonds is 10. The Morgan fingerprint density at radius 1 is 0.767 bits per heavy atom. The van der Waals surface area contributed by atoms with Crippen LogP contribution in [0.5, 0.6) is 17.2 Å². The van der Waals surface area contributed by atoms with Crippen molar-refractivity contribution in [3.05, 3.63) is 78.9 Å². The second kappa shape index (κ2) is 11.4. The van der Waals surface area contributed by atoms with Crippen molar-refractivity contribution in [3.8, 4) is 17.2 Å². The zero-order valence-electron chi connectivity index (χ0n) is 16.9. The van der Waals surface area contributed by atoms with E-state index in [4.69, 9.17) is 14.2 Å². The molecule has 0 heterocycles. The standard InChI is InChI=1S/C24H24O6/c1-4-7-24(27)30-21-15-18(14-20(16-21)29-23(26)6-3)9-8-17-10-12-19(13-11-17)28-22(25)5-2/h5-6,10-16H,2-4,7-9H2,1H3. The fourth-order valence-corrected chi connectivity index (χ4v) is 2.61. The molecule has 30 heavy (non-hydrogen) atoms. The quantitative estimate of drug-likeness (QED) is 0.330. The SMILES string of the molecule is C=CC(=O)Oc1ccc(CCc2cc(OC(=O)C=C)cc(OC(=O)CCC)c2)cc1. The normalized spacial score (nSPS) is 10.0. The Balaban J connectivity index is 2.12. The lowest BCUT2D eigenvalue weighted by Crippen LogP contribution is -2.08. The summed E-state index contributed by atoms with van der Waals surface area (Å²) in [6.45, 7) is 8.63. The molecule has 0 radical (unpaired) electrons. The number of hydrogen-bond donors (Lipinski definition) is 0. The lowest BCUT2D eigenvalue weighted by molar-refractivity contribution is -0.134. The summed E-state index contributed by atoms with van der Waals surface area (Å²) in [5.41, 5.74) is 1.86. The molecular weight excluding hydrogens is 384 g/mol. The number of aryl methyl sites for hydroxylation is 2. The third kappa shape index (κ3) is 7.39. The highest BCUT2D eigenvalue weighted by Crippen LogP contribution is 2.25. The van der Waals surface area contributed by atoms with Gasteiger partial charge in [0.25, 0.3) is 0 Å². The maximum absolute atomic E-state index is 11.8. The summed E-state index contributed by atoms with van der Waals surface area (Å²) in [5, 5.41) is 0. The van der Waals surface area contributed by atoms with Gasteiger partial charge in [-0.25, -0.2) is 9.59 Å². The maximum atomic E-state index is 11.8. The van der Waals surface area contributed by atoms with Crippen molar-refractivity contribution in [2.24, 2.45) is 0 Å². The van der Waals surface area contributed by atoms with Crippen molar-refractivity contribution >= 4 is 17.9 Å². The molecule has 0 amide bonds. The number of carbonyl (C=O) groups is 3. The lowest BCUT2D eigenvalue weighted by atomic mass is 10.0. The van der Waals surface area contributed by atoms with Crippen LogP contribution in [0.3, 0.4) is 0 Å². The Hall–Kier alpha value is -3.67. The molecule has 0 N–H and O–H groups in total.